The van der Waals surface area contributed by atoms with Crippen LogP contribution in [0.25, 0.3) is 11.0 Å². The van der Waals surface area contributed by atoms with Crippen molar-refractivity contribution in [2.45, 2.75) is 13.8 Å². The number of non-ortho nitro benzene ring substituents is 1. The molecule has 0 radical (unpaired) electrons. The number of hydrogen-bond donors (Lipinski definition) is 0. The summed E-state index contributed by atoms with van der Waals surface area (Å²) >= 11 is 0. The number of nitrogens with zero attached hydrogens (tertiary/aromatic N) is 1. The molecule has 1 heterocycles. The quantitative estimate of drug-likeness (QED) is 0.442. The molecule has 5 heteroatoms. The Morgan fingerprint density at radius 1 is 1.44 bits per heavy atom. The highest BCUT2D eigenvalue weighted by molar-refractivity contribution is 6.07. The SMILES string of the molecule is CC(=O)c1c(C)oc2ccc([N+](=O)[O-])cc12. The minimum Gasteiger partial charge on any atom is -0.461 e. The van der Waals surface area contributed by atoms with Crippen LogP contribution in [0.1, 0.15) is 23.0 Å². The predicted octanol–water partition coefficient (Wildman–Crippen LogP) is 2.85. The predicted molar refractivity (Wildman–Crippen MR) is 57.6 cm³/mol. The number of nitro benzene ring substituents is 1. The van der Waals surface area contributed by atoms with Gasteiger partial charge in [-0.05, 0) is 19.9 Å². The fourth-order valence-corrected chi connectivity index (χ4v) is 1.76. The molecule has 2 aromatic rings. The zero-order chi connectivity index (χ0) is 11.9. The standard InChI is InChI=1S/C11H9NO4/c1-6(13)11-7(2)16-10-4-3-8(12(14)15)5-9(10)11/h3-5H,1-2H3. The number of nitro groups is 1. The molecular weight excluding hydrogens is 210 g/mol. The molecule has 0 aliphatic rings. The molecule has 16 heavy (non-hydrogen) atoms. The number of hydrogen-bond acceptors (Lipinski definition) is 4. The molecule has 0 N–H and O–H groups in total. The maximum atomic E-state index is 11.4. The average molecular weight is 219 g/mol. The van der Waals surface area contributed by atoms with Crippen LogP contribution in [0.4, 0.5) is 5.69 Å². The molecular formula is C11H9NO4. The third-order valence-corrected chi connectivity index (χ3v) is 2.41. The molecule has 0 saturated heterocycles. The van der Waals surface area contributed by atoms with Gasteiger partial charge >= 0.3 is 0 Å². The summed E-state index contributed by atoms with van der Waals surface area (Å²) in [7, 11) is 0. The van der Waals surface area contributed by atoms with Crippen molar-refractivity contribution in [3.05, 3.63) is 39.6 Å². The Morgan fingerprint density at radius 3 is 2.69 bits per heavy atom. The Labute approximate surface area is 90.8 Å². The molecule has 1 aromatic carbocycles. The normalized spacial score (nSPS) is 10.6. The van der Waals surface area contributed by atoms with Crippen molar-refractivity contribution >= 4 is 22.4 Å². The van der Waals surface area contributed by atoms with Crippen molar-refractivity contribution < 1.29 is 14.1 Å². The van der Waals surface area contributed by atoms with E-state index in [-0.39, 0.29) is 11.5 Å². The highest BCUT2D eigenvalue weighted by Crippen LogP contribution is 2.29. The highest BCUT2D eigenvalue weighted by atomic mass is 16.6. The number of fused-ring (bicyclic) bond motifs is 1. The third kappa shape index (κ3) is 1.46. The van der Waals surface area contributed by atoms with E-state index in [1.165, 1.54) is 25.1 Å². The first-order valence-corrected chi connectivity index (χ1v) is 4.69. The lowest BCUT2D eigenvalue weighted by atomic mass is 10.1. The third-order valence-electron chi connectivity index (χ3n) is 2.41. The van der Waals surface area contributed by atoms with E-state index in [1.54, 1.807) is 6.92 Å². The summed E-state index contributed by atoms with van der Waals surface area (Å²) in [5.74, 6) is 0.333. The number of ketones is 1. The molecule has 0 fully saturated rings. The zero-order valence-corrected chi connectivity index (χ0v) is 8.81. The number of benzene rings is 1. The topological polar surface area (TPSA) is 73.3 Å². The number of rotatable bonds is 2. The smallest absolute Gasteiger partial charge is 0.270 e. The number of aryl methyl sites for hydroxylation is 1. The largest absolute Gasteiger partial charge is 0.461 e. The summed E-state index contributed by atoms with van der Waals surface area (Å²) in [5, 5.41) is 11.1. The first kappa shape index (κ1) is 10.4. The maximum absolute atomic E-state index is 11.4. The maximum Gasteiger partial charge on any atom is 0.270 e. The Morgan fingerprint density at radius 2 is 2.12 bits per heavy atom. The van der Waals surface area contributed by atoms with Crippen LogP contribution >= 0.6 is 0 Å². The van der Waals surface area contributed by atoms with Crippen LogP contribution in [0.5, 0.6) is 0 Å². The van der Waals surface area contributed by atoms with Gasteiger partial charge < -0.3 is 4.42 Å². The van der Waals surface area contributed by atoms with Crippen molar-refractivity contribution in [2.24, 2.45) is 0 Å². The molecule has 0 bridgehead atoms. The summed E-state index contributed by atoms with van der Waals surface area (Å²) in [5.41, 5.74) is 0.864. The minimum absolute atomic E-state index is 0.0456. The average Bonchev–Trinajstić information content (AvgIpc) is 2.51. The molecule has 2 rings (SSSR count). The van der Waals surface area contributed by atoms with E-state index in [1.807, 2.05) is 0 Å². The second-order valence-corrected chi connectivity index (χ2v) is 3.53. The van der Waals surface area contributed by atoms with Crippen LogP contribution in [0, 0.1) is 17.0 Å². The molecule has 0 atom stereocenters. The molecule has 5 nitrogen and oxygen atoms in total. The van der Waals surface area contributed by atoms with Gasteiger partial charge in [0.25, 0.3) is 5.69 Å². The Kier molecular flexibility index (Phi) is 2.23. The van der Waals surface area contributed by atoms with E-state index in [0.717, 1.165) is 0 Å². The van der Waals surface area contributed by atoms with Gasteiger partial charge in [-0.1, -0.05) is 0 Å². The van der Waals surface area contributed by atoms with E-state index in [4.69, 9.17) is 4.42 Å². The summed E-state index contributed by atoms with van der Waals surface area (Å²) in [6.07, 6.45) is 0. The molecule has 0 spiro atoms. The van der Waals surface area contributed by atoms with Gasteiger partial charge in [0.1, 0.15) is 11.3 Å². The van der Waals surface area contributed by atoms with Crippen molar-refractivity contribution in [2.75, 3.05) is 0 Å². The first-order chi connectivity index (χ1) is 7.50. The van der Waals surface area contributed by atoms with Crippen LogP contribution in [0.15, 0.2) is 22.6 Å². The van der Waals surface area contributed by atoms with Crippen molar-refractivity contribution in [1.29, 1.82) is 0 Å². The number of carbonyl (C=O) groups is 1. The monoisotopic (exact) mass is 219 g/mol. The van der Waals surface area contributed by atoms with E-state index >= 15 is 0 Å². The second kappa shape index (κ2) is 3.44. The van der Waals surface area contributed by atoms with Gasteiger partial charge in [0.05, 0.1) is 10.5 Å². The number of furan rings is 1. The first-order valence-electron chi connectivity index (χ1n) is 4.69. The van der Waals surface area contributed by atoms with Gasteiger partial charge in [-0.2, -0.15) is 0 Å². The Hall–Kier alpha value is -2.17. The second-order valence-electron chi connectivity index (χ2n) is 3.53. The van der Waals surface area contributed by atoms with Gasteiger partial charge in [0.2, 0.25) is 0 Å². The molecule has 0 amide bonds. The van der Waals surface area contributed by atoms with Gasteiger partial charge in [0, 0.05) is 17.5 Å². The summed E-state index contributed by atoms with van der Waals surface area (Å²) in [6.45, 7) is 3.08. The van der Waals surface area contributed by atoms with E-state index in [0.29, 0.717) is 22.3 Å². The lowest BCUT2D eigenvalue weighted by molar-refractivity contribution is -0.384. The summed E-state index contributed by atoms with van der Waals surface area (Å²) in [6, 6.07) is 4.23. The molecule has 0 aliphatic carbocycles. The number of Topliss-reactive ketones (excluding diaryl/α,β-unsaturated/α-hetero) is 1. The van der Waals surface area contributed by atoms with Crippen LogP contribution in [0.3, 0.4) is 0 Å². The van der Waals surface area contributed by atoms with Gasteiger partial charge in [-0.15, -0.1) is 0 Å². The molecule has 1 aromatic heterocycles. The lowest BCUT2D eigenvalue weighted by Crippen LogP contribution is -1.93. The lowest BCUT2D eigenvalue weighted by Gasteiger charge is -1.93. The Balaban J connectivity index is 2.79. The van der Waals surface area contributed by atoms with Crippen LogP contribution in [0.2, 0.25) is 0 Å². The zero-order valence-electron chi connectivity index (χ0n) is 8.81. The summed E-state index contributed by atoms with van der Waals surface area (Å²) in [4.78, 5) is 21.5. The molecule has 82 valence electrons. The minimum atomic E-state index is -0.494. The van der Waals surface area contributed by atoms with Crippen LogP contribution in [-0.4, -0.2) is 10.7 Å². The highest BCUT2D eigenvalue weighted by Gasteiger charge is 2.17. The van der Waals surface area contributed by atoms with Crippen molar-refractivity contribution in [1.82, 2.24) is 0 Å². The van der Waals surface area contributed by atoms with Gasteiger partial charge in [0.15, 0.2) is 5.78 Å². The summed E-state index contributed by atoms with van der Waals surface area (Å²) < 4.78 is 5.35. The van der Waals surface area contributed by atoms with Crippen molar-refractivity contribution in [3.8, 4) is 0 Å². The van der Waals surface area contributed by atoms with E-state index in [9.17, 15) is 14.9 Å². The molecule has 0 aliphatic heterocycles. The Bertz CT molecular complexity index is 597. The fourth-order valence-electron chi connectivity index (χ4n) is 1.76. The van der Waals surface area contributed by atoms with Crippen LogP contribution in [-0.2, 0) is 0 Å². The van der Waals surface area contributed by atoms with Gasteiger partial charge in [-0.3, -0.25) is 14.9 Å². The molecule has 0 saturated carbocycles. The van der Waals surface area contributed by atoms with E-state index < -0.39 is 4.92 Å². The van der Waals surface area contributed by atoms with Crippen molar-refractivity contribution in [3.63, 3.8) is 0 Å². The number of carbonyl (C=O) groups excluding carboxylic acids is 1. The van der Waals surface area contributed by atoms with Gasteiger partial charge in [-0.25, -0.2) is 0 Å². The fraction of sp³-hybridized carbons (Fsp3) is 0.182. The molecule has 0 unspecified atom stereocenters. The van der Waals surface area contributed by atoms with Crippen LogP contribution < -0.4 is 0 Å². The van der Waals surface area contributed by atoms with E-state index in [2.05, 4.69) is 0 Å².